The molecule has 1 aromatic carbocycles. The molecule has 0 saturated heterocycles. The molecule has 1 N–H and O–H groups in total. The van der Waals surface area contributed by atoms with Crippen LogP contribution in [-0.4, -0.2) is 38.3 Å². The van der Waals surface area contributed by atoms with E-state index in [4.69, 9.17) is 4.74 Å². The molecule has 1 rings (SSSR count). The smallest absolute Gasteiger partial charge is 0.0589 e. The minimum Gasteiger partial charge on any atom is -0.383 e. The van der Waals surface area contributed by atoms with Gasteiger partial charge in [0, 0.05) is 32.8 Å². The van der Waals surface area contributed by atoms with Gasteiger partial charge in [0.15, 0.2) is 0 Å². The number of nitrogens with zero attached hydrogens (tertiary/aromatic N) is 1. The monoisotopic (exact) mass is 250 g/mol. The fourth-order valence-corrected chi connectivity index (χ4v) is 1.72. The standard InChI is InChI=1S/C15H26N2O/c1-13(2)16-11-14-5-7-15(8-6-14)12-17(3)9-10-18-4/h5-8,13,16H,9-12H2,1-4H3. The van der Waals surface area contributed by atoms with E-state index in [1.54, 1.807) is 7.11 Å². The third-order valence-electron chi connectivity index (χ3n) is 2.87. The summed E-state index contributed by atoms with van der Waals surface area (Å²) in [7, 11) is 3.86. The van der Waals surface area contributed by atoms with Gasteiger partial charge in [-0.25, -0.2) is 0 Å². The SMILES string of the molecule is COCCN(C)Cc1ccc(CNC(C)C)cc1. The Balaban J connectivity index is 2.39. The van der Waals surface area contributed by atoms with Crippen LogP contribution < -0.4 is 5.32 Å². The van der Waals surface area contributed by atoms with Crippen molar-refractivity contribution in [1.82, 2.24) is 10.2 Å². The molecular formula is C15H26N2O. The van der Waals surface area contributed by atoms with E-state index in [1.807, 2.05) is 0 Å². The summed E-state index contributed by atoms with van der Waals surface area (Å²) in [6, 6.07) is 9.36. The van der Waals surface area contributed by atoms with E-state index in [1.165, 1.54) is 11.1 Å². The summed E-state index contributed by atoms with van der Waals surface area (Å²) in [5, 5.41) is 3.42. The Morgan fingerprint density at radius 3 is 2.33 bits per heavy atom. The van der Waals surface area contributed by atoms with Gasteiger partial charge in [-0.05, 0) is 18.2 Å². The molecule has 0 fully saturated rings. The Kier molecular flexibility index (Phi) is 6.94. The second kappa shape index (κ2) is 8.25. The van der Waals surface area contributed by atoms with Gasteiger partial charge >= 0.3 is 0 Å². The molecule has 3 nitrogen and oxygen atoms in total. The summed E-state index contributed by atoms with van der Waals surface area (Å²) < 4.78 is 5.07. The maximum absolute atomic E-state index is 5.07. The van der Waals surface area contributed by atoms with Crippen molar-refractivity contribution in [3.63, 3.8) is 0 Å². The van der Waals surface area contributed by atoms with Crippen LogP contribution in [0.3, 0.4) is 0 Å². The summed E-state index contributed by atoms with van der Waals surface area (Å²) >= 11 is 0. The molecule has 0 aliphatic carbocycles. The Hall–Kier alpha value is -0.900. The van der Waals surface area contributed by atoms with Crippen LogP contribution >= 0.6 is 0 Å². The minimum atomic E-state index is 0.532. The lowest BCUT2D eigenvalue weighted by atomic mass is 10.1. The van der Waals surface area contributed by atoms with E-state index >= 15 is 0 Å². The summed E-state index contributed by atoms with van der Waals surface area (Å²) in [5.74, 6) is 0. The van der Waals surface area contributed by atoms with Gasteiger partial charge in [0.2, 0.25) is 0 Å². The number of ether oxygens (including phenoxy) is 1. The van der Waals surface area contributed by atoms with Crippen molar-refractivity contribution >= 4 is 0 Å². The lowest BCUT2D eigenvalue weighted by Crippen LogP contribution is -2.23. The summed E-state index contributed by atoms with van der Waals surface area (Å²) in [6.45, 7) is 8.00. The molecule has 0 atom stereocenters. The molecule has 0 heterocycles. The predicted molar refractivity (Wildman–Crippen MR) is 76.6 cm³/mol. The normalized spacial score (nSPS) is 11.4. The minimum absolute atomic E-state index is 0.532. The van der Waals surface area contributed by atoms with Crippen LogP contribution in [0, 0.1) is 0 Å². The topological polar surface area (TPSA) is 24.5 Å². The lowest BCUT2D eigenvalue weighted by Gasteiger charge is -2.16. The maximum Gasteiger partial charge on any atom is 0.0589 e. The number of benzene rings is 1. The fraction of sp³-hybridized carbons (Fsp3) is 0.600. The van der Waals surface area contributed by atoms with E-state index in [0.29, 0.717) is 6.04 Å². The van der Waals surface area contributed by atoms with Gasteiger partial charge in [-0.3, -0.25) is 4.90 Å². The Bertz CT molecular complexity index is 322. The van der Waals surface area contributed by atoms with Gasteiger partial charge in [-0.2, -0.15) is 0 Å². The Morgan fingerprint density at radius 2 is 1.78 bits per heavy atom. The molecule has 1 aromatic rings. The van der Waals surface area contributed by atoms with Gasteiger partial charge in [-0.1, -0.05) is 38.1 Å². The van der Waals surface area contributed by atoms with Gasteiger partial charge in [0.1, 0.15) is 0 Å². The van der Waals surface area contributed by atoms with Gasteiger partial charge in [0.05, 0.1) is 6.61 Å². The molecule has 102 valence electrons. The number of likely N-dealkylation sites (N-methyl/N-ethyl adjacent to an activating group) is 1. The highest BCUT2D eigenvalue weighted by Gasteiger charge is 2.00. The lowest BCUT2D eigenvalue weighted by molar-refractivity contribution is 0.158. The largest absolute Gasteiger partial charge is 0.383 e. The summed E-state index contributed by atoms with van der Waals surface area (Å²) in [5.41, 5.74) is 2.69. The molecule has 0 bridgehead atoms. The van der Waals surface area contributed by atoms with E-state index in [-0.39, 0.29) is 0 Å². The zero-order valence-corrected chi connectivity index (χ0v) is 12.1. The van der Waals surface area contributed by atoms with Crippen LogP contribution in [0.25, 0.3) is 0 Å². The number of hydrogen-bond acceptors (Lipinski definition) is 3. The third kappa shape index (κ3) is 6.15. The van der Waals surface area contributed by atoms with E-state index < -0.39 is 0 Å². The second-order valence-electron chi connectivity index (χ2n) is 5.08. The van der Waals surface area contributed by atoms with E-state index in [9.17, 15) is 0 Å². The van der Waals surface area contributed by atoms with Gasteiger partial charge in [0.25, 0.3) is 0 Å². The molecule has 18 heavy (non-hydrogen) atoms. The first-order valence-corrected chi connectivity index (χ1v) is 6.60. The van der Waals surface area contributed by atoms with Crippen LogP contribution in [0.2, 0.25) is 0 Å². The summed E-state index contributed by atoms with van der Waals surface area (Å²) in [6.07, 6.45) is 0. The van der Waals surface area contributed by atoms with Crippen molar-refractivity contribution in [2.45, 2.75) is 33.0 Å². The summed E-state index contributed by atoms with van der Waals surface area (Å²) in [4.78, 5) is 2.27. The molecule has 0 aliphatic rings. The number of nitrogens with one attached hydrogen (secondary N) is 1. The average molecular weight is 250 g/mol. The van der Waals surface area contributed by atoms with Crippen molar-refractivity contribution < 1.29 is 4.74 Å². The average Bonchev–Trinajstić information content (AvgIpc) is 2.35. The number of methoxy groups -OCH3 is 1. The second-order valence-corrected chi connectivity index (χ2v) is 5.08. The molecule has 0 aromatic heterocycles. The van der Waals surface area contributed by atoms with E-state index in [0.717, 1.165) is 26.2 Å². The molecule has 0 radical (unpaired) electrons. The molecule has 0 amide bonds. The predicted octanol–water partition coefficient (Wildman–Crippen LogP) is 2.26. The van der Waals surface area contributed by atoms with Crippen molar-refractivity contribution in [3.05, 3.63) is 35.4 Å². The van der Waals surface area contributed by atoms with Crippen LogP contribution in [0.15, 0.2) is 24.3 Å². The molecule has 0 aliphatic heterocycles. The first kappa shape index (κ1) is 15.2. The van der Waals surface area contributed by atoms with Crippen molar-refractivity contribution in [3.8, 4) is 0 Å². The first-order chi connectivity index (χ1) is 8.61. The van der Waals surface area contributed by atoms with Crippen LogP contribution in [0.5, 0.6) is 0 Å². The highest BCUT2D eigenvalue weighted by molar-refractivity contribution is 5.22. The zero-order chi connectivity index (χ0) is 13.4. The Morgan fingerprint density at radius 1 is 1.17 bits per heavy atom. The quantitative estimate of drug-likeness (QED) is 0.766. The van der Waals surface area contributed by atoms with Crippen LogP contribution in [-0.2, 0) is 17.8 Å². The zero-order valence-electron chi connectivity index (χ0n) is 12.1. The highest BCUT2D eigenvalue weighted by atomic mass is 16.5. The molecule has 3 heteroatoms. The molecule has 0 spiro atoms. The van der Waals surface area contributed by atoms with Crippen molar-refractivity contribution in [2.75, 3.05) is 27.3 Å². The number of rotatable bonds is 8. The molecule has 0 saturated carbocycles. The first-order valence-electron chi connectivity index (χ1n) is 6.60. The van der Waals surface area contributed by atoms with E-state index in [2.05, 4.69) is 55.4 Å². The highest BCUT2D eigenvalue weighted by Crippen LogP contribution is 2.07. The maximum atomic E-state index is 5.07. The van der Waals surface area contributed by atoms with Crippen LogP contribution in [0.1, 0.15) is 25.0 Å². The number of hydrogen-bond donors (Lipinski definition) is 1. The fourth-order valence-electron chi connectivity index (χ4n) is 1.72. The van der Waals surface area contributed by atoms with Crippen LogP contribution in [0.4, 0.5) is 0 Å². The van der Waals surface area contributed by atoms with Crippen molar-refractivity contribution in [1.29, 1.82) is 0 Å². The third-order valence-corrected chi connectivity index (χ3v) is 2.87. The van der Waals surface area contributed by atoms with Gasteiger partial charge < -0.3 is 10.1 Å². The molecule has 0 unspecified atom stereocenters. The Labute approximate surface area is 111 Å². The van der Waals surface area contributed by atoms with Gasteiger partial charge in [-0.15, -0.1) is 0 Å². The molecular weight excluding hydrogens is 224 g/mol. The van der Waals surface area contributed by atoms with Crippen molar-refractivity contribution in [2.24, 2.45) is 0 Å².